The lowest BCUT2D eigenvalue weighted by atomic mass is 10.2. The first-order valence-electron chi connectivity index (χ1n) is 9.56. The molecule has 0 saturated carbocycles. The molecule has 5 rings (SSSR count). The number of aryl methyl sites for hydroxylation is 2. The van der Waals surface area contributed by atoms with Crippen LogP contribution in [0.4, 0.5) is 0 Å². The van der Waals surface area contributed by atoms with Crippen molar-refractivity contribution in [2.45, 2.75) is 43.1 Å². The molecule has 1 aromatic carbocycles. The number of para-hydroxylation sites is 1. The Morgan fingerprint density at radius 3 is 2.86 bits per heavy atom. The van der Waals surface area contributed by atoms with Crippen LogP contribution in [0.2, 0.25) is 0 Å². The first kappa shape index (κ1) is 17.7. The first-order valence-corrected chi connectivity index (χ1v) is 11.4. The molecule has 4 aromatic rings. The van der Waals surface area contributed by atoms with E-state index in [1.54, 1.807) is 23.1 Å². The zero-order valence-electron chi connectivity index (χ0n) is 15.5. The molecule has 0 saturated heterocycles. The average molecular weight is 408 g/mol. The summed E-state index contributed by atoms with van der Waals surface area (Å²) in [5.74, 6) is 0.833. The van der Waals surface area contributed by atoms with Gasteiger partial charge < -0.3 is 4.57 Å². The molecule has 7 heteroatoms. The maximum absolute atomic E-state index is 4.96. The van der Waals surface area contributed by atoms with Crippen molar-refractivity contribution in [3.8, 4) is 5.69 Å². The highest BCUT2D eigenvalue weighted by atomic mass is 32.2. The van der Waals surface area contributed by atoms with Gasteiger partial charge in [-0.05, 0) is 54.8 Å². The molecule has 3 heterocycles. The average Bonchev–Trinajstić information content (AvgIpc) is 3.51. The monoisotopic (exact) mass is 407 g/mol. The van der Waals surface area contributed by atoms with Gasteiger partial charge in [0, 0.05) is 22.9 Å². The van der Waals surface area contributed by atoms with Gasteiger partial charge in [-0.1, -0.05) is 36.0 Å². The first-order chi connectivity index (χ1) is 13.9. The minimum atomic E-state index is 0.833. The third-order valence-corrected chi connectivity index (χ3v) is 7.04. The molecule has 0 N–H and O–H groups in total. The zero-order chi connectivity index (χ0) is 18.8. The molecule has 3 aromatic heterocycles. The number of hydrogen-bond acceptors (Lipinski definition) is 5. The van der Waals surface area contributed by atoms with E-state index in [0.717, 1.165) is 42.4 Å². The number of nitrogens with zero attached hydrogens (tertiary/aromatic N) is 5. The highest BCUT2D eigenvalue weighted by molar-refractivity contribution is 7.98. The van der Waals surface area contributed by atoms with Gasteiger partial charge >= 0.3 is 0 Å². The van der Waals surface area contributed by atoms with Gasteiger partial charge in [-0.25, -0.2) is 4.68 Å². The number of thioether (sulfide) groups is 1. The maximum atomic E-state index is 4.96. The molecule has 0 fully saturated rings. The number of benzene rings is 1. The fourth-order valence-corrected chi connectivity index (χ4v) is 5.35. The maximum Gasteiger partial charge on any atom is 0.191 e. The summed E-state index contributed by atoms with van der Waals surface area (Å²) in [4.78, 5) is 1.39. The fourth-order valence-electron chi connectivity index (χ4n) is 3.74. The molecule has 1 aliphatic carbocycles. The van der Waals surface area contributed by atoms with Crippen LogP contribution in [0.5, 0.6) is 0 Å². The summed E-state index contributed by atoms with van der Waals surface area (Å²) in [7, 11) is 0. The van der Waals surface area contributed by atoms with Crippen molar-refractivity contribution in [2.75, 3.05) is 0 Å². The summed E-state index contributed by atoms with van der Waals surface area (Å²) >= 11 is 3.54. The molecule has 1 aliphatic rings. The zero-order valence-corrected chi connectivity index (χ0v) is 17.1. The summed E-state index contributed by atoms with van der Waals surface area (Å²) in [5, 5.41) is 16.5. The normalized spacial score (nSPS) is 13.1. The molecule has 28 heavy (non-hydrogen) atoms. The van der Waals surface area contributed by atoms with E-state index in [0.29, 0.717) is 0 Å². The van der Waals surface area contributed by atoms with Crippen molar-refractivity contribution >= 4 is 23.1 Å². The lowest BCUT2D eigenvalue weighted by Crippen LogP contribution is -2.02. The predicted octanol–water partition coefficient (Wildman–Crippen LogP) is 4.55. The van der Waals surface area contributed by atoms with Gasteiger partial charge in [-0.3, -0.25) is 0 Å². The second-order valence-electron chi connectivity index (χ2n) is 6.90. The van der Waals surface area contributed by atoms with Crippen LogP contribution in [-0.2, 0) is 31.6 Å². The van der Waals surface area contributed by atoms with E-state index in [-0.39, 0.29) is 0 Å². The third kappa shape index (κ3) is 3.52. The van der Waals surface area contributed by atoms with Crippen LogP contribution in [0.15, 0.2) is 59.3 Å². The topological polar surface area (TPSA) is 48.5 Å². The molecule has 0 unspecified atom stereocenters. The van der Waals surface area contributed by atoms with Crippen molar-refractivity contribution in [3.63, 3.8) is 0 Å². The van der Waals surface area contributed by atoms with E-state index in [1.807, 2.05) is 12.4 Å². The molecule has 0 atom stereocenters. The lowest BCUT2D eigenvalue weighted by molar-refractivity contribution is 0.637. The van der Waals surface area contributed by atoms with Crippen LogP contribution in [0.3, 0.4) is 0 Å². The van der Waals surface area contributed by atoms with Crippen molar-refractivity contribution in [2.24, 2.45) is 0 Å². The number of thiophene rings is 1. The number of hydrogen-bond donors (Lipinski definition) is 0. The lowest BCUT2D eigenvalue weighted by Gasteiger charge is -2.05. The van der Waals surface area contributed by atoms with E-state index in [2.05, 4.69) is 61.2 Å². The quantitative estimate of drug-likeness (QED) is 0.422. The Kier molecular flexibility index (Phi) is 5.01. The minimum absolute atomic E-state index is 0.833. The Hall–Kier alpha value is -2.38. The summed E-state index contributed by atoms with van der Waals surface area (Å²) < 4.78 is 4.29. The fraction of sp³-hybridized carbons (Fsp3) is 0.286. The summed E-state index contributed by atoms with van der Waals surface area (Å²) in [6, 6.07) is 14.7. The van der Waals surface area contributed by atoms with E-state index in [9.17, 15) is 0 Å². The van der Waals surface area contributed by atoms with Gasteiger partial charge in [0.25, 0.3) is 0 Å². The Morgan fingerprint density at radius 1 is 1.07 bits per heavy atom. The van der Waals surface area contributed by atoms with Crippen LogP contribution in [0, 0.1) is 0 Å². The number of fused-ring (bicyclic) bond motifs is 1. The summed E-state index contributed by atoms with van der Waals surface area (Å²) in [6.07, 6.45) is 6.31. The van der Waals surface area contributed by atoms with Gasteiger partial charge in [0.15, 0.2) is 5.16 Å². The van der Waals surface area contributed by atoms with Gasteiger partial charge in [0.1, 0.15) is 6.33 Å². The van der Waals surface area contributed by atoms with Crippen LogP contribution in [0.1, 0.15) is 28.2 Å². The Balaban J connectivity index is 1.32. The molecule has 142 valence electrons. The Bertz CT molecular complexity index is 1050. The second kappa shape index (κ2) is 7.93. The number of rotatable bonds is 7. The molecule has 0 spiro atoms. The molecule has 0 bridgehead atoms. The summed E-state index contributed by atoms with van der Waals surface area (Å²) in [5.41, 5.74) is 5.15. The number of aromatic nitrogens is 5. The van der Waals surface area contributed by atoms with E-state index in [1.165, 1.54) is 28.2 Å². The van der Waals surface area contributed by atoms with Crippen molar-refractivity contribution < 1.29 is 0 Å². The van der Waals surface area contributed by atoms with Gasteiger partial charge in [0.05, 0.1) is 11.4 Å². The van der Waals surface area contributed by atoms with Gasteiger partial charge in [-0.2, -0.15) is 5.10 Å². The smallest absolute Gasteiger partial charge is 0.191 e. The largest absolute Gasteiger partial charge is 0.308 e. The van der Waals surface area contributed by atoms with Crippen molar-refractivity contribution in [1.29, 1.82) is 0 Å². The van der Waals surface area contributed by atoms with Crippen LogP contribution in [-0.4, -0.2) is 24.5 Å². The van der Waals surface area contributed by atoms with E-state index >= 15 is 0 Å². The van der Waals surface area contributed by atoms with Crippen LogP contribution < -0.4 is 0 Å². The molecule has 0 amide bonds. The summed E-state index contributed by atoms with van der Waals surface area (Å²) in [6.45, 7) is 0.909. The van der Waals surface area contributed by atoms with Crippen LogP contribution >= 0.6 is 23.1 Å². The minimum Gasteiger partial charge on any atom is -0.308 e. The molecular formula is C21H21N5S2. The molecular weight excluding hydrogens is 386 g/mol. The van der Waals surface area contributed by atoms with Gasteiger partial charge in [-0.15, -0.1) is 21.5 Å². The van der Waals surface area contributed by atoms with E-state index < -0.39 is 0 Å². The van der Waals surface area contributed by atoms with Crippen LogP contribution in [0.25, 0.3) is 5.69 Å². The standard InChI is InChI=1S/C21H21N5S2/c1-2-6-16(7-3-1)26-20-10-4-9-18(20)19(24-26)14-28-21-23-22-15-25(21)12-11-17-8-5-13-27-17/h1-3,5-8,13,15H,4,9-12,14H2. The Labute approximate surface area is 172 Å². The second-order valence-corrected chi connectivity index (χ2v) is 8.87. The molecule has 5 nitrogen and oxygen atoms in total. The van der Waals surface area contributed by atoms with Crippen molar-refractivity contribution in [1.82, 2.24) is 24.5 Å². The third-order valence-electron chi connectivity index (χ3n) is 5.11. The predicted molar refractivity (Wildman–Crippen MR) is 113 cm³/mol. The highest BCUT2D eigenvalue weighted by Gasteiger charge is 2.23. The van der Waals surface area contributed by atoms with Gasteiger partial charge in [0.2, 0.25) is 0 Å². The molecule has 0 radical (unpaired) electrons. The van der Waals surface area contributed by atoms with Crippen molar-refractivity contribution in [3.05, 3.63) is 76.0 Å². The highest BCUT2D eigenvalue weighted by Crippen LogP contribution is 2.31. The SMILES string of the molecule is c1ccc(-n2nc(CSc3nncn3CCc3cccs3)c3c2CCC3)cc1. The Morgan fingerprint density at radius 2 is 2.00 bits per heavy atom. The molecule has 0 aliphatic heterocycles. The van der Waals surface area contributed by atoms with E-state index in [4.69, 9.17) is 5.10 Å².